The van der Waals surface area contributed by atoms with E-state index in [1.165, 1.54) is 6.26 Å². The lowest BCUT2D eigenvalue weighted by Crippen LogP contribution is -2.00. The molecule has 0 aliphatic heterocycles. The second kappa shape index (κ2) is 4.69. The predicted octanol–water partition coefficient (Wildman–Crippen LogP) is 1.98. The molecule has 1 N–H and O–H groups in total. The quantitative estimate of drug-likeness (QED) is 0.874. The second-order valence-corrected chi connectivity index (χ2v) is 3.46. The van der Waals surface area contributed by atoms with Gasteiger partial charge in [-0.3, -0.25) is 4.79 Å². The molecule has 0 saturated heterocycles. The normalized spacial score (nSPS) is 10.2. The van der Waals surface area contributed by atoms with Gasteiger partial charge in [-0.05, 0) is 12.1 Å². The van der Waals surface area contributed by atoms with Crippen molar-refractivity contribution in [1.29, 1.82) is 0 Å². The molecule has 88 valence electrons. The van der Waals surface area contributed by atoms with Gasteiger partial charge in [0.2, 0.25) is 0 Å². The molecule has 0 spiro atoms. The molecule has 5 nitrogen and oxygen atoms in total. The van der Waals surface area contributed by atoms with Crippen molar-refractivity contribution in [3.63, 3.8) is 0 Å². The summed E-state index contributed by atoms with van der Waals surface area (Å²) in [5, 5.41) is 12.6. The number of hydrogen-bond acceptors (Lipinski definition) is 4. The first-order chi connectivity index (χ1) is 8.22. The molecular formula is C12H11NO4. The van der Waals surface area contributed by atoms with Crippen molar-refractivity contribution in [1.82, 2.24) is 5.16 Å². The van der Waals surface area contributed by atoms with E-state index >= 15 is 0 Å². The Morgan fingerprint density at radius 3 is 2.94 bits per heavy atom. The van der Waals surface area contributed by atoms with E-state index in [0.29, 0.717) is 17.0 Å². The molecule has 5 heteroatoms. The lowest BCUT2D eigenvalue weighted by atomic mass is 10.1. The zero-order chi connectivity index (χ0) is 12.3. The Kier molecular flexibility index (Phi) is 3.09. The molecule has 1 aromatic carbocycles. The lowest BCUT2D eigenvalue weighted by molar-refractivity contribution is -0.136. The highest BCUT2D eigenvalue weighted by Crippen LogP contribution is 2.31. The summed E-state index contributed by atoms with van der Waals surface area (Å²) in [5.74, 6) is -0.294. The van der Waals surface area contributed by atoms with Gasteiger partial charge in [0, 0.05) is 11.1 Å². The van der Waals surface area contributed by atoms with Crippen molar-refractivity contribution in [2.24, 2.45) is 0 Å². The van der Waals surface area contributed by atoms with Crippen LogP contribution >= 0.6 is 0 Å². The van der Waals surface area contributed by atoms with E-state index in [9.17, 15) is 4.79 Å². The molecule has 17 heavy (non-hydrogen) atoms. The first-order valence-corrected chi connectivity index (χ1v) is 5.01. The molecule has 0 bridgehead atoms. The van der Waals surface area contributed by atoms with Gasteiger partial charge in [-0.1, -0.05) is 17.3 Å². The molecule has 1 heterocycles. The maximum atomic E-state index is 10.7. The van der Waals surface area contributed by atoms with Gasteiger partial charge in [0.15, 0.2) is 0 Å². The first-order valence-electron chi connectivity index (χ1n) is 5.01. The molecule has 0 aliphatic carbocycles. The number of benzene rings is 1. The first kappa shape index (κ1) is 11.2. The summed E-state index contributed by atoms with van der Waals surface area (Å²) < 4.78 is 10.0. The highest BCUT2D eigenvalue weighted by Gasteiger charge is 2.16. The van der Waals surface area contributed by atoms with Gasteiger partial charge >= 0.3 is 5.97 Å². The highest BCUT2D eigenvalue weighted by molar-refractivity contribution is 5.76. The van der Waals surface area contributed by atoms with Crippen LogP contribution in [0.15, 0.2) is 35.1 Å². The molecule has 0 radical (unpaired) electrons. The number of carboxylic acids is 1. The number of para-hydroxylation sites is 1. The van der Waals surface area contributed by atoms with Crippen LogP contribution in [-0.4, -0.2) is 23.3 Å². The summed E-state index contributed by atoms with van der Waals surface area (Å²) >= 11 is 0. The summed E-state index contributed by atoms with van der Waals surface area (Å²) in [7, 11) is 1.55. The number of carboxylic acid groups (broad SMARTS) is 1. The van der Waals surface area contributed by atoms with Gasteiger partial charge in [-0.25, -0.2) is 0 Å². The van der Waals surface area contributed by atoms with Crippen molar-refractivity contribution < 1.29 is 19.2 Å². The van der Waals surface area contributed by atoms with Crippen LogP contribution in [0, 0.1) is 0 Å². The molecule has 0 unspecified atom stereocenters. The van der Waals surface area contributed by atoms with Gasteiger partial charge in [0.25, 0.3) is 0 Å². The summed E-state index contributed by atoms with van der Waals surface area (Å²) in [6, 6.07) is 7.26. The van der Waals surface area contributed by atoms with Crippen molar-refractivity contribution >= 4 is 5.97 Å². The van der Waals surface area contributed by atoms with Crippen molar-refractivity contribution in [2.45, 2.75) is 6.42 Å². The molecule has 2 aromatic rings. The molecule has 0 fully saturated rings. The second-order valence-electron chi connectivity index (χ2n) is 3.46. The fraction of sp³-hybridized carbons (Fsp3) is 0.167. The third-order valence-corrected chi connectivity index (χ3v) is 2.35. The van der Waals surface area contributed by atoms with E-state index in [-0.39, 0.29) is 6.42 Å². The number of carbonyl (C=O) groups is 1. The molecule has 0 aliphatic rings. The van der Waals surface area contributed by atoms with E-state index in [1.807, 2.05) is 18.2 Å². The van der Waals surface area contributed by atoms with Crippen molar-refractivity contribution in [3.05, 3.63) is 36.1 Å². The largest absolute Gasteiger partial charge is 0.496 e. The van der Waals surface area contributed by atoms with E-state index < -0.39 is 5.97 Å². The highest BCUT2D eigenvalue weighted by atomic mass is 16.5. The maximum absolute atomic E-state index is 10.7. The minimum atomic E-state index is -0.927. The van der Waals surface area contributed by atoms with Crippen LogP contribution in [0.25, 0.3) is 11.3 Å². The Hall–Kier alpha value is -2.30. The number of aliphatic carboxylic acids is 1. The van der Waals surface area contributed by atoms with Gasteiger partial charge in [0.1, 0.15) is 17.7 Å². The van der Waals surface area contributed by atoms with Crippen molar-refractivity contribution in [2.75, 3.05) is 7.11 Å². The van der Waals surface area contributed by atoms with E-state index in [1.54, 1.807) is 13.2 Å². The third-order valence-electron chi connectivity index (χ3n) is 2.35. The van der Waals surface area contributed by atoms with E-state index in [0.717, 1.165) is 5.56 Å². The number of rotatable bonds is 4. The molecule has 2 rings (SSSR count). The van der Waals surface area contributed by atoms with Crippen LogP contribution in [0.4, 0.5) is 0 Å². The van der Waals surface area contributed by atoms with Crippen LogP contribution in [0.2, 0.25) is 0 Å². The molecular weight excluding hydrogens is 222 g/mol. The number of nitrogens with zero attached hydrogens (tertiary/aromatic N) is 1. The van der Waals surface area contributed by atoms with Gasteiger partial charge in [-0.15, -0.1) is 0 Å². The van der Waals surface area contributed by atoms with Gasteiger partial charge < -0.3 is 14.4 Å². The zero-order valence-electron chi connectivity index (χ0n) is 9.21. The number of hydrogen-bond donors (Lipinski definition) is 1. The Balaban J connectivity index is 2.46. The van der Waals surface area contributed by atoms with Gasteiger partial charge in [0.05, 0.1) is 13.5 Å². The fourth-order valence-corrected chi connectivity index (χ4v) is 1.61. The Morgan fingerprint density at radius 1 is 1.47 bits per heavy atom. The fourth-order valence-electron chi connectivity index (χ4n) is 1.61. The number of methoxy groups -OCH3 is 1. The number of aromatic nitrogens is 1. The van der Waals surface area contributed by atoms with Gasteiger partial charge in [-0.2, -0.15) is 0 Å². The van der Waals surface area contributed by atoms with Crippen LogP contribution in [0.1, 0.15) is 5.56 Å². The standard InChI is InChI=1S/C12H11NO4/c1-16-10-5-3-2-4-9(10)12-8(6-11(14)15)7-17-13-12/h2-5,7H,6H2,1H3,(H,14,15). The third kappa shape index (κ3) is 2.28. The summed E-state index contributed by atoms with van der Waals surface area (Å²) in [6.45, 7) is 0. The van der Waals surface area contributed by atoms with Crippen LogP contribution < -0.4 is 4.74 Å². The molecule has 1 aromatic heterocycles. The van der Waals surface area contributed by atoms with Crippen molar-refractivity contribution in [3.8, 4) is 17.0 Å². The van der Waals surface area contributed by atoms with E-state index in [2.05, 4.69) is 5.16 Å². The average molecular weight is 233 g/mol. The Morgan fingerprint density at radius 2 is 2.24 bits per heavy atom. The van der Waals surface area contributed by atoms with Crippen LogP contribution in [0.3, 0.4) is 0 Å². The molecule has 0 atom stereocenters. The summed E-state index contributed by atoms with van der Waals surface area (Å²) in [4.78, 5) is 10.7. The lowest BCUT2D eigenvalue weighted by Gasteiger charge is -2.06. The summed E-state index contributed by atoms with van der Waals surface area (Å²) in [6.07, 6.45) is 1.22. The smallest absolute Gasteiger partial charge is 0.308 e. The zero-order valence-corrected chi connectivity index (χ0v) is 9.21. The van der Waals surface area contributed by atoms with Crippen LogP contribution in [0.5, 0.6) is 5.75 Å². The summed E-state index contributed by atoms with van der Waals surface area (Å²) in [5.41, 5.74) is 1.76. The monoisotopic (exact) mass is 233 g/mol. The van der Waals surface area contributed by atoms with E-state index in [4.69, 9.17) is 14.4 Å². The minimum absolute atomic E-state index is 0.128. The Labute approximate surface area is 97.6 Å². The topological polar surface area (TPSA) is 72.6 Å². The van der Waals surface area contributed by atoms with Crippen LogP contribution in [-0.2, 0) is 11.2 Å². The Bertz CT molecular complexity index is 533. The average Bonchev–Trinajstić information content (AvgIpc) is 2.76. The maximum Gasteiger partial charge on any atom is 0.308 e. The predicted molar refractivity (Wildman–Crippen MR) is 59.8 cm³/mol. The SMILES string of the molecule is COc1ccccc1-c1nocc1CC(=O)O. The molecule has 0 amide bonds. The number of ether oxygens (including phenoxy) is 1. The minimum Gasteiger partial charge on any atom is -0.496 e. The molecule has 0 saturated carbocycles.